The largest absolute Gasteiger partial charge is 0.486 e. The first-order chi connectivity index (χ1) is 22.8. The van der Waals surface area contributed by atoms with E-state index in [0.29, 0.717) is 67.4 Å². The molecule has 49 heavy (non-hydrogen) atoms. The third kappa shape index (κ3) is 7.08. The molecule has 0 radical (unpaired) electrons. The number of esters is 1. The van der Waals surface area contributed by atoms with Crippen LogP contribution in [0.4, 0.5) is 4.79 Å². The van der Waals surface area contributed by atoms with Crippen molar-refractivity contribution in [1.29, 1.82) is 0 Å². The molecule has 1 aromatic carbocycles. The Labute approximate surface area is 293 Å². The first kappa shape index (κ1) is 36.0. The van der Waals surface area contributed by atoms with Crippen molar-refractivity contribution in [3.8, 4) is 5.75 Å². The number of carbonyl (C=O) groups excluding carboxylic acids is 3. The number of carbonyl (C=O) groups is 3. The molecule has 3 saturated heterocycles. The highest BCUT2D eigenvalue weighted by molar-refractivity contribution is 6.45. The van der Waals surface area contributed by atoms with Crippen LogP contribution in [0.5, 0.6) is 5.75 Å². The van der Waals surface area contributed by atoms with Crippen LogP contribution in [0.25, 0.3) is 0 Å². The van der Waals surface area contributed by atoms with Gasteiger partial charge in [0.25, 0.3) is 0 Å². The summed E-state index contributed by atoms with van der Waals surface area (Å²) in [5.41, 5.74) is 0.984. The summed E-state index contributed by atoms with van der Waals surface area (Å²) in [6.07, 6.45) is 5.39. The number of piperidine rings is 1. The summed E-state index contributed by atoms with van der Waals surface area (Å²) >= 11 is 0. The molecule has 2 amide bonds. The van der Waals surface area contributed by atoms with Gasteiger partial charge in [0.05, 0.1) is 24.8 Å². The molecule has 6 aliphatic rings. The van der Waals surface area contributed by atoms with Crippen molar-refractivity contribution in [1.82, 2.24) is 9.80 Å². The molecule has 0 aromatic heterocycles. The Balaban J connectivity index is 1.11. The number of hydrogen-bond donors (Lipinski definition) is 0. The number of benzene rings is 1. The van der Waals surface area contributed by atoms with Gasteiger partial charge in [0.15, 0.2) is 0 Å². The van der Waals surface area contributed by atoms with Crippen LogP contribution in [0, 0.1) is 24.2 Å². The Morgan fingerprint density at radius 2 is 1.67 bits per heavy atom. The van der Waals surface area contributed by atoms with E-state index in [9.17, 15) is 14.4 Å². The van der Waals surface area contributed by atoms with Crippen molar-refractivity contribution in [2.24, 2.45) is 17.3 Å². The number of likely N-dealkylation sites (tertiary alicyclic amines) is 2. The lowest BCUT2D eigenvalue weighted by molar-refractivity contribution is -0.199. The Hall–Kier alpha value is -2.79. The maximum Gasteiger partial charge on any atom is 0.457 e. The summed E-state index contributed by atoms with van der Waals surface area (Å²) in [7, 11) is -0.278. The standard InChI is InChI=1S/C38H57BN2O8/c1-23-24(16-17-39-48-30-20-25-19-29(37(25,8)9)38(30,10)49-39)14-15-28(31(23)33(43)46-35(2,3)4)45-26-21-40(22-26)32(42)27-13-11-12-18-41(27)34(44)47-36(5,6)7/h14-15,25-27,29-30H,11-13,16-22H2,1-10H3/t25-,27?,29-,30+,38-/m0/s1. The van der Waals surface area contributed by atoms with Gasteiger partial charge >= 0.3 is 19.2 Å². The van der Waals surface area contributed by atoms with Crippen LogP contribution in [0.3, 0.4) is 0 Å². The average Bonchev–Trinajstić information content (AvgIpc) is 3.32. The molecule has 3 aliphatic heterocycles. The zero-order chi connectivity index (χ0) is 35.7. The topological polar surface area (TPSA) is 104 Å². The molecule has 1 aromatic rings. The summed E-state index contributed by atoms with van der Waals surface area (Å²) in [5, 5.41) is 0. The monoisotopic (exact) mass is 680 g/mol. The van der Waals surface area contributed by atoms with E-state index in [1.165, 1.54) is 6.42 Å². The molecule has 7 rings (SSSR count). The Kier molecular flexibility index (Phi) is 9.38. The van der Waals surface area contributed by atoms with E-state index in [1.807, 2.05) is 60.6 Å². The number of nitrogens with zero attached hydrogens (tertiary/aromatic N) is 2. The van der Waals surface area contributed by atoms with Crippen LogP contribution in [0.1, 0.15) is 116 Å². The number of amides is 2. The number of aryl methyl sites for hydroxylation is 1. The lowest BCUT2D eigenvalue weighted by Gasteiger charge is -2.64. The summed E-state index contributed by atoms with van der Waals surface area (Å²) in [6.45, 7) is 21.2. The second-order valence-electron chi connectivity index (χ2n) is 17.8. The molecule has 5 atom stereocenters. The molecule has 10 nitrogen and oxygen atoms in total. The van der Waals surface area contributed by atoms with Crippen LogP contribution in [-0.2, 0) is 30.0 Å². The fourth-order valence-electron chi connectivity index (χ4n) is 8.84. The van der Waals surface area contributed by atoms with E-state index in [2.05, 4.69) is 20.8 Å². The maximum absolute atomic E-state index is 13.6. The summed E-state index contributed by atoms with van der Waals surface area (Å²) in [6, 6.07) is 3.33. The lowest BCUT2D eigenvalue weighted by Crippen LogP contribution is -2.65. The Morgan fingerprint density at radius 1 is 0.980 bits per heavy atom. The van der Waals surface area contributed by atoms with Gasteiger partial charge in [0.1, 0.15) is 34.7 Å². The van der Waals surface area contributed by atoms with Gasteiger partial charge in [-0.2, -0.15) is 0 Å². The second kappa shape index (κ2) is 12.8. The van der Waals surface area contributed by atoms with E-state index in [1.54, 1.807) is 9.80 Å². The summed E-state index contributed by atoms with van der Waals surface area (Å²) < 4.78 is 31.0. The quantitative estimate of drug-likeness (QED) is 0.235. The third-order valence-corrected chi connectivity index (χ3v) is 11.7. The first-order valence-corrected chi connectivity index (χ1v) is 18.4. The molecular formula is C38H57BN2O8. The molecule has 0 spiro atoms. The zero-order valence-corrected chi connectivity index (χ0v) is 31.4. The van der Waals surface area contributed by atoms with Gasteiger partial charge in [-0.1, -0.05) is 19.9 Å². The van der Waals surface area contributed by atoms with Crippen LogP contribution in [0.2, 0.25) is 6.32 Å². The predicted molar refractivity (Wildman–Crippen MR) is 187 cm³/mol. The highest BCUT2D eigenvalue weighted by atomic mass is 16.7. The van der Waals surface area contributed by atoms with E-state index in [-0.39, 0.29) is 30.8 Å². The van der Waals surface area contributed by atoms with E-state index < -0.39 is 29.3 Å². The minimum atomic E-state index is -0.678. The normalized spacial score (nSPS) is 29.5. The van der Waals surface area contributed by atoms with Gasteiger partial charge < -0.3 is 28.4 Å². The molecule has 3 heterocycles. The minimum absolute atomic E-state index is 0.0878. The number of hydrogen-bond acceptors (Lipinski definition) is 8. The molecule has 3 aliphatic carbocycles. The fourth-order valence-corrected chi connectivity index (χ4v) is 8.84. The van der Waals surface area contributed by atoms with Crippen molar-refractivity contribution >= 4 is 25.1 Å². The third-order valence-electron chi connectivity index (χ3n) is 11.7. The molecule has 6 fully saturated rings. The molecule has 1 unspecified atom stereocenters. The summed E-state index contributed by atoms with van der Waals surface area (Å²) in [5.74, 6) is 1.14. The van der Waals surface area contributed by atoms with Crippen molar-refractivity contribution in [3.63, 3.8) is 0 Å². The smallest absolute Gasteiger partial charge is 0.457 e. The van der Waals surface area contributed by atoms with Gasteiger partial charge in [-0.3, -0.25) is 9.69 Å². The maximum atomic E-state index is 13.6. The fraction of sp³-hybridized carbons (Fsp3) is 0.763. The highest BCUT2D eigenvalue weighted by Gasteiger charge is 2.67. The van der Waals surface area contributed by atoms with Crippen LogP contribution >= 0.6 is 0 Å². The van der Waals surface area contributed by atoms with Gasteiger partial charge in [-0.05, 0) is 135 Å². The average molecular weight is 681 g/mol. The van der Waals surface area contributed by atoms with Crippen molar-refractivity contribution in [2.75, 3.05) is 19.6 Å². The van der Waals surface area contributed by atoms with Crippen LogP contribution < -0.4 is 4.74 Å². The van der Waals surface area contributed by atoms with Gasteiger partial charge in [0, 0.05) is 6.54 Å². The van der Waals surface area contributed by atoms with E-state index >= 15 is 0 Å². The van der Waals surface area contributed by atoms with Gasteiger partial charge in [0.2, 0.25) is 5.91 Å². The number of rotatable bonds is 7. The van der Waals surface area contributed by atoms with Crippen LogP contribution in [-0.4, -0.2) is 89.6 Å². The molecule has 270 valence electrons. The van der Waals surface area contributed by atoms with Crippen molar-refractivity contribution < 1.29 is 37.9 Å². The molecule has 2 bridgehead atoms. The number of ether oxygens (including phenoxy) is 3. The van der Waals surface area contributed by atoms with Gasteiger partial charge in [-0.25, -0.2) is 9.59 Å². The molecule has 3 saturated carbocycles. The molecule has 11 heteroatoms. The summed E-state index contributed by atoms with van der Waals surface area (Å²) in [4.78, 5) is 43.4. The van der Waals surface area contributed by atoms with E-state index in [0.717, 1.165) is 30.4 Å². The predicted octanol–water partition coefficient (Wildman–Crippen LogP) is 6.60. The SMILES string of the molecule is Cc1c(CCB2O[C@@H]3C[C@@H]4C[C@@H](C4(C)C)[C@]3(C)O2)ccc(OC2CN(C(=O)C3CCCCN3C(=O)OC(C)(C)C)C2)c1C(=O)OC(C)(C)C. The second-order valence-corrected chi connectivity index (χ2v) is 17.8. The lowest BCUT2D eigenvalue weighted by atomic mass is 9.43. The molecular weight excluding hydrogens is 623 g/mol. The minimum Gasteiger partial charge on any atom is -0.486 e. The highest BCUT2D eigenvalue weighted by Crippen LogP contribution is 2.65. The van der Waals surface area contributed by atoms with Gasteiger partial charge in [-0.15, -0.1) is 0 Å². The Bertz CT molecular complexity index is 1460. The van der Waals surface area contributed by atoms with Crippen molar-refractivity contribution in [3.05, 3.63) is 28.8 Å². The first-order valence-electron chi connectivity index (χ1n) is 18.4. The Morgan fingerprint density at radius 3 is 2.33 bits per heavy atom. The van der Waals surface area contributed by atoms with Crippen molar-refractivity contribution in [2.45, 2.75) is 149 Å². The molecule has 0 N–H and O–H groups in total. The van der Waals surface area contributed by atoms with Crippen LogP contribution in [0.15, 0.2) is 12.1 Å². The van der Waals surface area contributed by atoms with E-state index in [4.69, 9.17) is 23.5 Å². The zero-order valence-electron chi connectivity index (χ0n) is 31.4.